The van der Waals surface area contributed by atoms with Gasteiger partial charge in [0.15, 0.2) is 11.5 Å². The van der Waals surface area contributed by atoms with Crippen molar-refractivity contribution in [1.82, 2.24) is 0 Å². The Balaban J connectivity index is 2.65. The second-order valence-electron chi connectivity index (χ2n) is 11.5. The third kappa shape index (κ3) is 17.9. The van der Waals surface area contributed by atoms with Crippen molar-refractivity contribution in [1.29, 1.82) is 0 Å². The lowest BCUT2D eigenvalue weighted by Gasteiger charge is -2.12. The molecule has 0 fully saturated rings. The summed E-state index contributed by atoms with van der Waals surface area (Å²) in [7, 11) is 0. The Bertz CT molecular complexity index is 1130. The van der Waals surface area contributed by atoms with E-state index < -0.39 is 5.97 Å². The van der Waals surface area contributed by atoms with Gasteiger partial charge in [-0.25, -0.2) is 4.79 Å². The van der Waals surface area contributed by atoms with E-state index in [4.69, 9.17) is 9.47 Å². The molecule has 0 aliphatic heterocycles. The van der Waals surface area contributed by atoms with Crippen LogP contribution in [0.2, 0.25) is 0 Å². The monoisotopic (exact) mass is 562 g/mol. The van der Waals surface area contributed by atoms with E-state index >= 15 is 0 Å². The maximum Gasteiger partial charge on any atom is 0.335 e. The summed E-state index contributed by atoms with van der Waals surface area (Å²) in [5.74, 6) is 0.0137. The molecular formula is C37H54O4. The van der Waals surface area contributed by atoms with Crippen molar-refractivity contribution in [2.24, 2.45) is 0 Å². The van der Waals surface area contributed by atoms with Gasteiger partial charge >= 0.3 is 5.97 Å². The molecule has 1 rings (SSSR count). The van der Waals surface area contributed by atoms with Gasteiger partial charge in [0.25, 0.3) is 0 Å². The topological polar surface area (TPSA) is 55.8 Å². The zero-order chi connectivity index (χ0) is 30.6. The summed E-state index contributed by atoms with van der Waals surface area (Å²) in [6, 6.07) is 4.77. The predicted octanol–water partition coefficient (Wildman–Crippen LogP) is 11.0. The number of allylic oxidation sites excluding steroid dienone is 10. The van der Waals surface area contributed by atoms with E-state index in [9.17, 15) is 9.90 Å². The zero-order valence-electron chi connectivity index (χ0n) is 26.9. The lowest BCUT2D eigenvalue weighted by molar-refractivity contribution is 0.0696. The van der Waals surface area contributed by atoms with Crippen molar-refractivity contribution in [2.45, 2.75) is 107 Å². The number of ether oxygens (including phenoxy) is 2. The third-order valence-corrected chi connectivity index (χ3v) is 6.78. The predicted molar refractivity (Wildman–Crippen MR) is 175 cm³/mol. The number of aromatic carboxylic acids is 1. The summed E-state index contributed by atoms with van der Waals surface area (Å²) in [4.78, 5) is 11.5. The van der Waals surface area contributed by atoms with Crippen LogP contribution in [0, 0.1) is 0 Å². The number of carbonyl (C=O) groups is 1. The fraction of sp³-hybridized carbons (Fsp3) is 0.486. The molecule has 0 saturated heterocycles. The molecule has 0 spiro atoms. The molecule has 0 heterocycles. The van der Waals surface area contributed by atoms with Crippen molar-refractivity contribution in [2.75, 3.05) is 13.2 Å². The Morgan fingerprint density at radius 3 is 1.39 bits per heavy atom. The van der Waals surface area contributed by atoms with Gasteiger partial charge in [0, 0.05) is 0 Å². The quantitative estimate of drug-likeness (QED) is 0.170. The normalized spacial score (nSPS) is 12.7. The van der Waals surface area contributed by atoms with Gasteiger partial charge in [0.2, 0.25) is 0 Å². The van der Waals surface area contributed by atoms with Crippen LogP contribution in [0.25, 0.3) is 0 Å². The minimum absolute atomic E-state index is 0.181. The molecule has 1 N–H and O–H groups in total. The van der Waals surface area contributed by atoms with Crippen LogP contribution in [0.1, 0.15) is 117 Å². The number of hydrogen-bond acceptors (Lipinski definition) is 3. The fourth-order valence-electron chi connectivity index (χ4n) is 4.10. The lowest BCUT2D eigenvalue weighted by atomic mass is 10.1. The highest BCUT2D eigenvalue weighted by atomic mass is 16.5. The fourth-order valence-corrected chi connectivity index (χ4v) is 4.10. The van der Waals surface area contributed by atoms with E-state index in [1.54, 1.807) is 18.2 Å². The molecule has 0 bridgehead atoms. The summed E-state index contributed by atoms with van der Waals surface area (Å²) >= 11 is 0. The molecule has 0 saturated carbocycles. The molecule has 41 heavy (non-hydrogen) atoms. The molecular weight excluding hydrogens is 508 g/mol. The molecule has 0 atom stereocenters. The molecule has 0 radical (unpaired) electrons. The molecule has 1 aromatic carbocycles. The van der Waals surface area contributed by atoms with Crippen LogP contribution >= 0.6 is 0 Å². The summed E-state index contributed by atoms with van der Waals surface area (Å²) in [6.45, 7) is 17.9. The van der Waals surface area contributed by atoms with Crippen molar-refractivity contribution in [3.8, 4) is 11.5 Å². The molecule has 4 heteroatoms. The summed E-state index contributed by atoms with van der Waals surface area (Å²) in [6.07, 6.45) is 21.7. The van der Waals surface area contributed by atoms with Crippen molar-refractivity contribution in [3.63, 3.8) is 0 Å². The standard InChI is InChI=1S/C37H54O4/c1-28(2)13-9-15-30(5)17-11-19-32(7)23-25-40-35-22-21-34(37(38)39)27-36(35)41-26-24-33(8)20-12-18-31(6)16-10-14-29(3)4/h13-14,17-18,21-24,27H,9-12,15-16,19-20,25-26H2,1-8H3,(H,38,39)/b30-17+,31-18+,32-23+,33-24+. The second kappa shape index (κ2) is 20.6. The van der Waals surface area contributed by atoms with Gasteiger partial charge in [0.1, 0.15) is 13.2 Å². The van der Waals surface area contributed by atoms with Gasteiger partial charge in [-0.3, -0.25) is 0 Å². The van der Waals surface area contributed by atoms with Gasteiger partial charge in [-0.1, -0.05) is 57.7 Å². The maximum atomic E-state index is 11.5. The van der Waals surface area contributed by atoms with Crippen LogP contribution in [0.5, 0.6) is 11.5 Å². The minimum atomic E-state index is -0.986. The van der Waals surface area contributed by atoms with Crippen LogP contribution in [0.3, 0.4) is 0 Å². The molecule has 0 aromatic heterocycles. The number of carboxylic acids is 1. The molecule has 226 valence electrons. The first-order chi connectivity index (χ1) is 19.5. The second-order valence-corrected chi connectivity index (χ2v) is 11.5. The number of benzene rings is 1. The maximum absolute atomic E-state index is 11.5. The SMILES string of the molecule is CC(C)=CCC/C(C)=C/CC/C(C)=C/COc1ccc(C(=O)O)cc1OC/C=C(\C)CC/C=C(\C)CCC=C(C)C. The molecule has 0 unspecified atom stereocenters. The molecule has 4 nitrogen and oxygen atoms in total. The van der Waals surface area contributed by atoms with Crippen LogP contribution in [-0.2, 0) is 0 Å². The summed E-state index contributed by atoms with van der Waals surface area (Å²) < 4.78 is 12.0. The van der Waals surface area contributed by atoms with Gasteiger partial charge in [-0.05, 0) is 137 Å². The van der Waals surface area contributed by atoms with Crippen molar-refractivity contribution in [3.05, 3.63) is 93.7 Å². The highest BCUT2D eigenvalue weighted by Crippen LogP contribution is 2.29. The van der Waals surface area contributed by atoms with Crippen LogP contribution in [0.15, 0.2) is 88.1 Å². The van der Waals surface area contributed by atoms with Crippen LogP contribution in [-0.4, -0.2) is 24.3 Å². The summed E-state index contributed by atoms with van der Waals surface area (Å²) in [5.41, 5.74) is 8.28. The van der Waals surface area contributed by atoms with Gasteiger partial charge in [0.05, 0.1) is 5.56 Å². The van der Waals surface area contributed by atoms with E-state index in [-0.39, 0.29) is 5.56 Å². The van der Waals surface area contributed by atoms with E-state index in [1.807, 2.05) is 0 Å². The first kappa shape index (κ1) is 35.8. The Morgan fingerprint density at radius 1 is 0.585 bits per heavy atom. The molecule has 1 aromatic rings. The Morgan fingerprint density at radius 2 is 0.976 bits per heavy atom. The molecule has 0 amide bonds. The highest BCUT2D eigenvalue weighted by Gasteiger charge is 2.10. The van der Waals surface area contributed by atoms with Gasteiger partial charge in [-0.2, -0.15) is 0 Å². The third-order valence-electron chi connectivity index (χ3n) is 6.78. The van der Waals surface area contributed by atoms with Crippen LogP contribution in [0.4, 0.5) is 0 Å². The van der Waals surface area contributed by atoms with Crippen LogP contribution < -0.4 is 9.47 Å². The average Bonchev–Trinajstić information content (AvgIpc) is 2.88. The van der Waals surface area contributed by atoms with E-state index in [0.717, 1.165) is 51.4 Å². The van der Waals surface area contributed by atoms with Crippen molar-refractivity contribution >= 4 is 5.97 Å². The summed E-state index contributed by atoms with van der Waals surface area (Å²) in [5, 5.41) is 9.45. The van der Waals surface area contributed by atoms with E-state index in [2.05, 4.69) is 91.8 Å². The number of carboxylic acid groups (broad SMARTS) is 1. The van der Waals surface area contributed by atoms with E-state index in [0.29, 0.717) is 24.7 Å². The van der Waals surface area contributed by atoms with Gasteiger partial charge < -0.3 is 14.6 Å². The lowest BCUT2D eigenvalue weighted by Crippen LogP contribution is -2.03. The smallest absolute Gasteiger partial charge is 0.335 e. The Kier molecular flexibility index (Phi) is 18.0. The van der Waals surface area contributed by atoms with Crippen molar-refractivity contribution < 1.29 is 19.4 Å². The number of hydrogen-bond donors (Lipinski definition) is 1. The molecule has 0 aliphatic rings. The highest BCUT2D eigenvalue weighted by molar-refractivity contribution is 5.88. The average molecular weight is 563 g/mol. The molecule has 0 aliphatic carbocycles. The Hall–Kier alpha value is -3.27. The largest absolute Gasteiger partial charge is 0.486 e. The zero-order valence-corrected chi connectivity index (χ0v) is 26.9. The van der Waals surface area contributed by atoms with E-state index in [1.165, 1.54) is 33.4 Å². The minimum Gasteiger partial charge on any atom is -0.486 e. The Labute approximate surface area is 250 Å². The van der Waals surface area contributed by atoms with Gasteiger partial charge in [-0.15, -0.1) is 0 Å². The first-order valence-electron chi connectivity index (χ1n) is 15.0. The number of rotatable bonds is 19. The first-order valence-corrected chi connectivity index (χ1v) is 15.0.